The summed E-state index contributed by atoms with van der Waals surface area (Å²) in [7, 11) is -3.87. The third-order valence-corrected chi connectivity index (χ3v) is 7.11. The Morgan fingerprint density at radius 3 is 2.44 bits per heavy atom. The molecule has 1 fully saturated rings. The molecule has 0 radical (unpaired) electrons. The summed E-state index contributed by atoms with van der Waals surface area (Å²) in [6.45, 7) is 3.03. The highest BCUT2D eigenvalue weighted by molar-refractivity contribution is 7.92. The first-order valence-corrected chi connectivity index (χ1v) is 12.2. The molecule has 0 spiro atoms. The summed E-state index contributed by atoms with van der Waals surface area (Å²) in [5.41, 5.74) is 1.38. The smallest absolute Gasteiger partial charge is 0.316 e. The number of nitrogens with one attached hydrogen (secondary N) is 1. The molecule has 1 aliphatic rings. The summed E-state index contributed by atoms with van der Waals surface area (Å²) in [5, 5.41) is 4.42. The maximum atomic E-state index is 13.0. The van der Waals surface area contributed by atoms with Gasteiger partial charge in [0.1, 0.15) is 0 Å². The minimum absolute atomic E-state index is 0.0788. The van der Waals surface area contributed by atoms with Crippen LogP contribution in [0.2, 0.25) is 5.02 Å². The van der Waals surface area contributed by atoms with Gasteiger partial charge in [-0.2, -0.15) is 4.98 Å². The third-order valence-electron chi connectivity index (χ3n) is 5.33. The van der Waals surface area contributed by atoms with Gasteiger partial charge in [0.25, 0.3) is 10.0 Å². The molecule has 1 aromatic heterocycles. The number of nitrogens with zero attached hydrogens (tertiary/aromatic N) is 3. The molecule has 8 nitrogen and oxygen atoms in total. The Balaban J connectivity index is 1.59. The fourth-order valence-electron chi connectivity index (χ4n) is 3.59. The number of halogens is 1. The van der Waals surface area contributed by atoms with Gasteiger partial charge in [-0.1, -0.05) is 41.7 Å². The first kappa shape index (κ1) is 22.3. The molecule has 3 aromatic rings. The van der Waals surface area contributed by atoms with Gasteiger partial charge in [0.05, 0.1) is 4.90 Å². The minimum atomic E-state index is -3.87. The SMILES string of the molecule is Cc1ccc(-c2noc(C(=O)N3CCCCCC3)n2)cc1S(=O)(=O)Nc1ccc(Cl)cc1. The van der Waals surface area contributed by atoms with Gasteiger partial charge >= 0.3 is 11.8 Å². The number of amides is 1. The molecule has 2 aromatic carbocycles. The molecule has 1 amide bonds. The minimum Gasteiger partial charge on any atom is -0.334 e. The molecule has 1 N–H and O–H groups in total. The second-order valence-corrected chi connectivity index (χ2v) is 9.81. The Morgan fingerprint density at radius 1 is 1.06 bits per heavy atom. The molecule has 0 unspecified atom stereocenters. The number of hydrogen-bond acceptors (Lipinski definition) is 6. The summed E-state index contributed by atoms with van der Waals surface area (Å²) >= 11 is 5.87. The van der Waals surface area contributed by atoms with Crippen molar-refractivity contribution >= 4 is 33.2 Å². The van der Waals surface area contributed by atoms with Crippen LogP contribution in [0.25, 0.3) is 11.4 Å². The number of benzene rings is 2. The van der Waals surface area contributed by atoms with Crippen LogP contribution < -0.4 is 4.72 Å². The fraction of sp³-hybridized carbons (Fsp3) is 0.318. The van der Waals surface area contributed by atoms with Gasteiger partial charge in [-0.25, -0.2) is 8.42 Å². The van der Waals surface area contributed by atoms with Crippen LogP contribution in [0.5, 0.6) is 0 Å². The third kappa shape index (κ3) is 4.94. The number of hydrogen-bond donors (Lipinski definition) is 1. The molecule has 32 heavy (non-hydrogen) atoms. The van der Waals surface area contributed by atoms with Crippen molar-refractivity contribution in [2.24, 2.45) is 0 Å². The summed E-state index contributed by atoms with van der Waals surface area (Å²) in [6, 6.07) is 11.2. The Hall–Kier alpha value is -2.91. The van der Waals surface area contributed by atoms with Gasteiger partial charge in [0.2, 0.25) is 5.82 Å². The van der Waals surface area contributed by atoms with Gasteiger partial charge < -0.3 is 9.42 Å². The quantitative estimate of drug-likeness (QED) is 0.583. The number of likely N-dealkylation sites (tertiary alicyclic amines) is 1. The molecule has 0 bridgehead atoms. The number of aryl methyl sites for hydroxylation is 1. The second kappa shape index (κ2) is 9.30. The van der Waals surface area contributed by atoms with E-state index in [1.807, 2.05) is 0 Å². The van der Waals surface area contributed by atoms with E-state index in [1.54, 1.807) is 48.2 Å². The Labute approximate surface area is 191 Å². The van der Waals surface area contributed by atoms with E-state index in [4.69, 9.17) is 16.1 Å². The summed E-state index contributed by atoms with van der Waals surface area (Å²) in [6.07, 6.45) is 4.10. The zero-order valence-corrected chi connectivity index (χ0v) is 19.1. The molecule has 0 aliphatic carbocycles. The van der Waals surface area contributed by atoms with Crippen molar-refractivity contribution < 1.29 is 17.7 Å². The highest BCUT2D eigenvalue weighted by Gasteiger charge is 2.24. The number of carbonyl (C=O) groups excluding carboxylic acids is 1. The van der Waals surface area contributed by atoms with Gasteiger partial charge in [-0.15, -0.1) is 0 Å². The highest BCUT2D eigenvalue weighted by Crippen LogP contribution is 2.26. The van der Waals surface area contributed by atoms with E-state index in [0.29, 0.717) is 34.9 Å². The summed E-state index contributed by atoms with van der Waals surface area (Å²) in [4.78, 5) is 18.8. The maximum absolute atomic E-state index is 13.0. The van der Waals surface area contributed by atoms with Crippen LogP contribution in [-0.4, -0.2) is 42.5 Å². The topological polar surface area (TPSA) is 105 Å². The van der Waals surface area contributed by atoms with E-state index in [2.05, 4.69) is 14.9 Å². The molecule has 1 aliphatic heterocycles. The van der Waals surface area contributed by atoms with Crippen LogP contribution in [0.1, 0.15) is 41.9 Å². The van der Waals surface area contributed by atoms with Crippen LogP contribution in [-0.2, 0) is 10.0 Å². The van der Waals surface area contributed by atoms with Crippen molar-refractivity contribution in [3.05, 3.63) is 58.9 Å². The van der Waals surface area contributed by atoms with Crippen molar-refractivity contribution in [3.63, 3.8) is 0 Å². The standard InChI is InChI=1S/C22H23ClN4O4S/c1-15-6-7-16(14-19(15)32(29,30)26-18-10-8-17(23)9-11-18)20-24-21(31-25-20)22(28)27-12-4-2-3-5-13-27/h6-11,14,26H,2-5,12-13H2,1H3. The lowest BCUT2D eigenvalue weighted by Crippen LogP contribution is -2.32. The Morgan fingerprint density at radius 2 is 1.75 bits per heavy atom. The van der Waals surface area contributed by atoms with Crippen LogP contribution in [0.3, 0.4) is 0 Å². The molecule has 10 heteroatoms. The van der Waals surface area contributed by atoms with E-state index in [0.717, 1.165) is 25.7 Å². The zero-order valence-electron chi connectivity index (χ0n) is 17.5. The average molecular weight is 475 g/mol. The van der Waals surface area contributed by atoms with Crippen LogP contribution in [0.15, 0.2) is 51.9 Å². The van der Waals surface area contributed by atoms with E-state index < -0.39 is 10.0 Å². The molecule has 0 atom stereocenters. The number of rotatable bonds is 5. The zero-order chi connectivity index (χ0) is 22.7. The van der Waals surface area contributed by atoms with Crippen molar-refractivity contribution in [2.45, 2.75) is 37.5 Å². The van der Waals surface area contributed by atoms with Crippen LogP contribution >= 0.6 is 11.6 Å². The van der Waals surface area contributed by atoms with Gasteiger partial charge in [0, 0.05) is 29.4 Å². The predicted octanol–water partition coefficient (Wildman–Crippen LogP) is 4.52. The average Bonchev–Trinajstić information content (AvgIpc) is 3.10. The first-order chi connectivity index (χ1) is 15.3. The molecule has 168 valence electrons. The summed E-state index contributed by atoms with van der Waals surface area (Å²) in [5.74, 6) is -0.229. The molecule has 0 saturated carbocycles. The monoisotopic (exact) mass is 474 g/mol. The van der Waals surface area contributed by atoms with Gasteiger partial charge in [0.15, 0.2) is 0 Å². The van der Waals surface area contributed by atoms with Crippen molar-refractivity contribution in [1.82, 2.24) is 15.0 Å². The van der Waals surface area contributed by atoms with Gasteiger partial charge in [-0.3, -0.25) is 9.52 Å². The van der Waals surface area contributed by atoms with Crippen LogP contribution in [0, 0.1) is 6.92 Å². The molecular formula is C22H23ClN4O4S. The van der Waals surface area contributed by atoms with Crippen molar-refractivity contribution in [2.75, 3.05) is 17.8 Å². The van der Waals surface area contributed by atoms with E-state index in [-0.39, 0.29) is 22.5 Å². The number of anilines is 1. The Bertz CT molecular complexity index is 1220. The number of sulfonamides is 1. The lowest BCUT2D eigenvalue weighted by atomic mass is 10.1. The van der Waals surface area contributed by atoms with E-state index in [1.165, 1.54) is 6.07 Å². The lowest BCUT2D eigenvalue weighted by Gasteiger charge is -2.17. The first-order valence-electron chi connectivity index (χ1n) is 10.4. The van der Waals surface area contributed by atoms with Crippen molar-refractivity contribution in [3.8, 4) is 11.4 Å². The van der Waals surface area contributed by atoms with Gasteiger partial charge in [-0.05, 0) is 55.7 Å². The maximum Gasteiger partial charge on any atom is 0.316 e. The van der Waals surface area contributed by atoms with Crippen molar-refractivity contribution in [1.29, 1.82) is 0 Å². The highest BCUT2D eigenvalue weighted by atomic mass is 35.5. The molecule has 2 heterocycles. The van der Waals surface area contributed by atoms with E-state index in [9.17, 15) is 13.2 Å². The normalized spacial score (nSPS) is 14.8. The second-order valence-electron chi connectivity index (χ2n) is 7.72. The largest absolute Gasteiger partial charge is 0.334 e. The fourth-order valence-corrected chi connectivity index (χ4v) is 5.05. The summed E-state index contributed by atoms with van der Waals surface area (Å²) < 4.78 is 33.7. The molecule has 4 rings (SSSR count). The lowest BCUT2D eigenvalue weighted by molar-refractivity contribution is 0.0711. The predicted molar refractivity (Wildman–Crippen MR) is 121 cm³/mol. The number of carbonyl (C=O) groups is 1. The Kier molecular flexibility index (Phi) is 6.48. The van der Waals surface area contributed by atoms with E-state index >= 15 is 0 Å². The molecular weight excluding hydrogens is 452 g/mol. The van der Waals surface area contributed by atoms with Crippen LogP contribution in [0.4, 0.5) is 5.69 Å². The number of aromatic nitrogens is 2. The molecule has 1 saturated heterocycles.